The number of aryl methyl sites for hydroxylation is 1. The van der Waals surface area contributed by atoms with Crippen molar-refractivity contribution in [3.63, 3.8) is 0 Å². The fraction of sp³-hybridized carbons (Fsp3) is 0.500. The van der Waals surface area contributed by atoms with Crippen LogP contribution in [0.15, 0.2) is 24.3 Å². The summed E-state index contributed by atoms with van der Waals surface area (Å²) in [4.78, 5) is 0. The third kappa shape index (κ3) is 3.59. The van der Waals surface area contributed by atoms with Crippen LogP contribution in [-0.2, 0) is 6.42 Å². The number of hydrogen-bond acceptors (Lipinski definition) is 1. The Morgan fingerprint density at radius 1 is 1.21 bits per heavy atom. The Morgan fingerprint density at radius 3 is 2.71 bits per heavy atom. The van der Waals surface area contributed by atoms with Crippen LogP contribution >= 0.6 is 11.6 Å². The summed E-state index contributed by atoms with van der Waals surface area (Å²) in [7, 11) is 0. The van der Waals surface area contributed by atoms with Crippen LogP contribution in [0.5, 0.6) is 5.75 Å². The molecule has 0 aliphatic heterocycles. The van der Waals surface area contributed by atoms with Crippen LogP contribution in [0.3, 0.4) is 0 Å². The predicted octanol–water partition coefficient (Wildman–Crippen LogP) is 3.65. The maximum absolute atomic E-state index is 5.67. The second-order valence-electron chi connectivity index (χ2n) is 3.21. The Kier molecular flexibility index (Phi) is 5.46. The quantitative estimate of drug-likeness (QED) is 0.517. The first-order chi connectivity index (χ1) is 6.88. The summed E-state index contributed by atoms with van der Waals surface area (Å²) in [6, 6.07) is 8.19. The second kappa shape index (κ2) is 6.72. The first-order valence-electron chi connectivity index (χ1n) is 5.15. The molecule has 0 bridgehead atoms. The van der Waals surface area contributed by atoms with E-state index in [1.54, 1.807) is 0 Å². The standard InChI is InChI=1S/C12H17ClO/c1-2-11-7-3-4-8-12(11)14-10-6-5-9-13/h3-4,7-8H,2,5-6,9-10H2,1H3. The number of hydrogen-bond donors (Lipinski definition) is 0. The minimum atomic E-state index is 0.721. The molecule has 0 unspecified atom stereocenters. The lowest BCUT2D eigenvalue weighted by Crippen LogP contribution is -1.99. The van der Waals surface area contributed by atoms with Crippen molar-refractivity contribution in [2.24, 2.45) is 0 Å². The topological polar surface area (TPSA) is 9.23 Å². The van der Waals surface area contributed by atoms with E-state index < -0.39 is 0 Å². The molecule has 0 atom stereocenters. The zero-order valence-electron chi connectivity index (χ0n) is 8.63. The first-order valence-corrected chi connectivity index (χ1v) is 5.68. The van der Waals surface area contributed by atoms with Crippen molar-refractivity contribution >= 4 is 11.6 Å². The van der Waals surface area contributed by atoms with Gasteiger partial charge in [0.1, 0.15) is 5.75 Å². The zero-order chi connectivity index (χ0) is 10.2. The molecule has 2 heteroatoms. The number of unbranched alkanes of at least 4 members (excludes halogenated alkanes) is 1. The summed E-state index contributed by atoms with van der Waals surface area (Å²) in [6.45, 7) is 2.91. The predicted molar refractivity (Wildman–Crippen MR) is 61.3 cm³/mol. The van der Waals surface area contributed by atoms with Crippen molar-refractivity contribution in [1.82, 2.24) is 0 Å². The van der Waals surface area contributed by atoms with Crippen molar-refractivity contribution in [3.05, 3.63) is 29.8 Å². The van der Waals surface area contributed by atoms with Crippen LogP contribution in [0.1, 0.15) is 25.3 Å². The maximum atomic E-state index is 5.67. The summed E-state index contributed by atoms with van der Waals surface area (Å²) < 4.78 is 5.67. The molecule has 0 spiro atoms. The van der Waals surface area contributed by atoms with Gasteiger partial charge in [0.15, 0.2) is 0 Å². The van der Waals surface area contributed by atoms with Gasteiger partial charge < -0.3 is 4.74 Å². The molecule has 0 heterocycles. The number of rotatable bonds is 6. The van der Waals surface area contributed by atoms with E-state index in [1.165, 1.54) is 5.56 Å². The summed E-state index contributed by atoms with van der Waals surface area (Å²) in [5.74, 6) is 1.74. The third-order valence-corrected chi connectivity index (χ3v) is 2.41. The first kappa shape index (κ1) is 11.4. The normalized spacial score (nSPS) is 10.1. The Morgan fingerprint density at radius 2 is 2.00 bits per heavy atom. The molecule has 1 aromatic rings. The highest BCUT2D eigenvalue weighted by molar-refractivity contribution is 6.17. The molecule has 0 aliphatic rings. The molecule has 0 saturated heterocycles. The fourth-order valence-corrected chi connectivity index (χ4v) is 1.50. The van der Waals surface area contributed by atoms with Gasteiger partial charge in [0.2, 0.25) is 0 Å². The zero-order valence-corrected chi connectivity index (χ0v) is 9.39. The molecule has 0 radical (unpaired) electrons. The fourth-order valence-electron chi connectivity index (χ4n) is 1.32. The Bertz CT molecular complexity index is 260. The van der Waals surface area contributed by atoms with Gasteiger partial charge in [0.05, 0.1) is 6.61 Å². The second-order valence-corrected chi connectivity index (χ2v) is 3.58. The van der Waals surface area contributed by atoms with Crippen LogP contribution < -0.4 is 4.74 Å². The van der Waals surface area contributed by atoms with Gasteiger partial charge in [-0.3, -0.25) is 0 Å². The molecule has 78 valence electrons. The molecule has 0 aliphatic carbocycles. The largest absolute Gasteiger partial charge is 0.493 e. The average molecular weight is 213 g/mol. The van der Waals surface area contributed by atoms with Crippen LogP contribution in [-0.4, -0.2) is 12.5 Å². The maximum Gasteiger partial charge on any atom is 0.122 e. The molecule has 14 heavy (non-hydrogen) atoms. The van der Waals surface area contributed by atoms with Gasteiger partial charge in [-0.2, -0.15) is 0 Å². The lowest BCUT2D eigenvalue weighted by molar-refractivity contribution is 0.307. The van der Waals surface area contributed by atoms with Crippen LogP contribution in [0, 0.1) is 0 Å². The van der Waals surface area contributed by atoms with Crippen LogP contribution in [0.2, 0.25) is 0 Å². The van der Waals surface area contributed by atoms with Gasteiger partial charge >= 0.3 is 0 Å². The number of halogens is 1. The van der Waals surface area contributed by atoms with Crippen molar-refractivity contribution in [2.45, 2.75) is 26.2 Å². The smallest absolute Gasteiger partial charge is 0.122 e. The van der Waals surface area contributed by atoms with Crippen molar-refractivity contribution in [2.75, 3.05) is 12.5 Å². The molecule has 1 rings (SSSR count). The Hall–Kier alpha value is -0.690. The van der Waals surface area contributed by atoms with E-state index in [-0.39, 0.29) is 0 Å². The number of ether oxygens (including phenoxy) is 1. The van der Waals surface area contributed by atoms with E-state index in [9.17, 15) is 0 Å². The highest BCUT2D eigenvalue weighted by atomic mass is 35.5. The van der Waals surface area contributed by atoms with Crippen LogP contribution in [0.4, 0.5) is 0 Å². The van der Waals surface area contributed by atoms with E-state index in [2.05, 4.69) is 13.0 Å². The summed E-state index contributed by atoms with van der Waals surface area (Å²) in [5.41, 5.74) is 1.28. The van der Waals surface area contributed by atoms with E-state index >= 15 is 0 Å². The highest BCUT2D eigenvalue weighted by Crippen LogP contribution is 2.18. The Balaban J connectivity index is 2.41. The van der Waals surface area contributed by atoms with Crippen LogP contribution in [0.25, 0.3) is 0 Å². The molecular weight excluding hydrogens is 196 g/mol. The highest BCUT2D eigenvalue weighted by Gasteiger charge is 1.99. The van der Waals surface area contributed by atoms with E-state index in [0.29, 0.717) is 0 Å². The SMILES string of the molecule is CCc1ccccc1OCCCCCl. The van der Waals surface area contributed by atoms with E-state index in [1.807, 2.05) is 18.2 Å². The van der Waals surface area contributed by atoms with Crippen molar-refractivity contribution in [1.29, 1.82) is 0 Å². The van der Waals surface area contributed by atoms with Crippen molar-refractivity contribution < 1.29 is 4.74 Å². The van der Waals surface area contributed by atoms with E-state index in [4.69, 9.17) is 16.3 Å². The molecular formula is C12H17ClO. The Labute approximate surface area is 91.0 Å². The summed E-state index contributed by atoms with van der Waals surface area (Å²) >= 11 is 5.59. The van der Waals surface area contributed by atoms with Gasteiger partial charge in [0.25, 0.3) is 0 Å². The minimum Gasteiger partial charge on any atom is -0.493 e. The molecule has 1 aromatic carbocycles. The van der Waals surface area contributed by atoms with E-state index in [0.717, 1.165) is 37.5 Å². The monoisotopic (exact) mass is 212 g/mol. The molecule has 0 amide bonds. The number of alkyl halides is 1. The van der Waals surface area contributed by atoms with Gasteiger partial charge in [0, 0.05) is 5.88 Å². The molecule has 0 fully saturated rings. The number of para-hydroxylation sites is 1. The van der Waals surface area contributed by atoms with Gasteiger partial charge in [-0.15, -0.1) is 11.6 Å². The van der Waals surface area contributed by atoms with Gasteiger partial charge in [-0.1, -0.05) is 25.1 Å². The molecule has 0 saturated carbocycles. The lowest BCUT2D eigenvalue weighted by atomic mass is 10.1. The van der Waals surface area contributed by atoms with Crippen molar-refractivity contribution in [3.8, 4) is 5.75 Å². The summed E-state index contributed by atoms with van der Waals surface area (Å²) in [6.07, 6.45) is 3.07. The van der Waals surface area contributed by atoms with Gasteiger partial charge in [-0.05, 0) is 30.9 Å². The van der Waals surface area contributed by atoms with Gasteiger partial charge in [-0.25, -0.2) is 0 Å². The molecule has 1 nitrogen and oxygen atoms in total. The molecule has 0 aromatic heterocycles. The number of benzene rings is 1. The minimum absolute atomic E-state index is 0.721. The average Bonchev–Trinajstić information content (AvgIpc) is 2.25. The summed E-state index contributed by atoms with van der Waals surface area (Å²) in [5, 5.41) is 0. The lowest BCUT2D eigenvalue weighted by Gasteiger charge is -2.09. The molecule has 0 N–H and O–H groups in total. The third-order valence-electron chi connectivity index (χ3n) is 2.14.